The molecule has 104 valence electrons. The third-order valence-electron chi connectivity index (χ3n) is 2.83. The van der Waals surface area contributed by atoms with Crippen molar-refractivity contribution in [1.82, 2.24) is 4.90 Å². The zero-order chi connectivity index (χ0) is 14.0. The van der Waals surface area contributed by atoms with E-state index >= 15 is 0 Å². The number of amides is 1. The molecule has 1 amide bonds. The monoisotopic (exact) mass is 291 g/mol. The van der Waals surface area contributed by atoms with E-state index < -0.39 is 11.7 Å². The molecular formula is C12H12F3NO2S. The Bertz CT molecular complexity index is 461. The van der Waals surface area contributed by atoms with Gasteiger partial charge in [0, 0.05) is 6.54 Å². The van der Waals surface area contributed by atoms with Crippen LogP contribution in [0.3, 0.4) is 0 Å². The van der Waals surface area contributed by atoms with Crippen molar-refractivity contribution < 1.29 is 23.1 Å². The summed E-state index contributed by atoms with van der Waals surface area (Å²) in [4.78, 5) is 13.1. The summed E-state index contributed by atoms with van der Waals surface area (Å²) in [5.74, 6) is 0.176. The summed E-state index contributed by atoms with van der Waals surface area (Å²) < 4.78 is 37.4. The molecule has 3 nitrogen and oxygen atoms in total. The van der Waals surface area contributed by atoms with Gasteiger partial charge in [0.2, 0.25) is 5.91 Å². The summed E-state index contributed by atoms with van der Waals surface area (Å²) in [7, 11) is 0. The second-order valence-corrected chi connectivity index (χ2v) is 5.16. The summed E-state index contributed by atoms with van der Waals surface area (Å²) in [5.41, 5.74) is -0.0726. The molecule has 2 rings (SSSR count). The summed E-state index contributed by atoms with van der Waals surface area (Å²) in [5, 5.41) is 8.59. The number of aliphatic hydroxyl groups is 1. The topological polar surface area (TPSA) is 40.5 Å². The van der Waals surface area contributed by atoms with E-state index in [9.17, 15) is 18.0 Å². The zero-order valence-electron chi connectivity index (χ0n) is 9.85. The standard InChI is InChI=1S/C12H12F3NO2S/c13-12(14,15)9-3-1-8(2-4-9)11-16(5-6-17)10(18)7-19-11/h1-4,11,17H,5-7H2/t11-/m1/s1. The van der Waals surface area contributed by atoms with Crippen LogP contribution >= 0.6 is 11.8 Å². The Balaban J connectivity index is 2.20. The molecule has 19 heavy (non-hydrogen) atoms. The van der Waals surface area contributed by atoms with Crippen molar-refractivity contribution in [1.29, 1.82) is 0 Å². The van der Waals surface area contributed by atoms with E-state index in [1.807, 2.05) is 0 Å². The zero-order valence-corrected chi connectivity index (χ0v) is 10.7. The van der Waals surface area contributed by atoms with Crippen LogP contribution in [-0.2, 0) is 11.0 Å². The predicted octanol–water partition coefficient (Wildman–Crippen LogP) is 2.27. The summed E-state index contributed by atoms with van der Waals surface area (Å²) in [6.07, 6.45) is -4.36. The Kier molecular flexibility index (Phi) is 4.05. The average molecular weight is 291 g/mol. The van der Waals surface area contributed by atoms with E-state index in [0.29, 0.717) is 5.56 Å². The van der Waals surface area contributed by atoms with Gasteiger partial charge >= 0.3 is 6.18 Å². The molecule has 0 bridgehead atoms. The minimum atomic E-state index is -4.36. The van der Waals surface area contributed by atoms with Gasteiger partial charge in [-0.3, -0.25) is 4.79 Å². The fourth-order valence-corrected chi connectivity index (χ4v) is 3.14. The number of alkyl halides is 3. The lowest BCUT2D eigenvalue weighted by Gasteiger charge is -2.23. The minimum Gasteiger partial charge on any atom is -0.395 e. The van der Waals surface area contributed by atoms with Crippen LogP contribution in [0.4, 0.5) is 13.2 Å². The molecule has 1 aromatic rings. The molecule has 1 heterocycles. The molecule has 0 radical (unpaired) electrons. The number of nitrogens with zero attached hydrogens (tertiary/aromatic N) is 1. The predicted molar refractivity (Wildman–Crippen MR) is 65.4 cm³/mol. The number of hydrogen-bond acceptors (Lipinski definition) is 3. The van der Waals surface area contributed by atoms with Gasteiger partial charge in [-0.2, -0.15) is 13.2 Å². The maximum atomic E-state index is 12.5. The third kappa shape index (κ3) is 3.03. The molecule has 0 aromatic heterocycles. The normalized spacial score (nSPS) is 20.1. The molecule has 1 atom stereocenters. The van der Waals surface area contributed by atoms with Crippen molar-refractivity contribution in [2.45, 2.75) is 11.6 Å². The molecular weight excluding hydrogens is 279 g/mol. The van der Waals surface area contributed by atoms with Crippen LogP contribution in [0.2, 0.25) is 0 Å². The number of thioether (sulfide) groups is 1. The Labute approximate surface area is 112 Å². The van der Waals surface area contributed by atoms with Gasteiger partial charge in [-0.1, -0.05) is 12.1 Å². The number of carbonyl (C=O) groups excluding carboxylic acids is 1. The first kappa shape index (κ1) is 14.2. The number of halogens is 3. The number of β-amino-alcohol motifs (C(OH)–C–C–N with tert-alkyl or cyclic N) is 1. The quantitative estimate of drug-likeness (QED) is 0.929. The maximum absolute atomic E-state index is 12.5. The molecule has 0 spiro atoms. The summed E-state index contributed by atoms with van der Waals surface area (Å²) in [6.45, 7) is 0.0287. The molecule has 1 N–H and O–H groups in total. The van der Waals surface area contributed by atoms with Crippen LogP contribution in [0.25, 0.3) is 0 Å². The van der Waals surface area contributed by atoms with Crippen molar-refractivity contribution >= 4 is 17.7 Å². The Morgan fingerprint density at radius 1 is 1.32 bits per heavy atom. The highest BCUT2D eigenvalue weighted by atomic mass is 32.2. The van der Waals surface area contributed by atoms with Crippen LogP contribution in [-0.4, -0.2) is 34.8 Å². The molecule has 1 fully saturated rings. The minimum absolute atomic E-state index is 0.107. The van der Waals surface area contributed by atoms with Crippen molar-refractivity contribution in [3.8, 4) is 0 Å². The highest BCUT2D eigenvalue weighted by Gasteiger charge is 2.34. The van der Waals surface area contributed by atoms with Gasteiger partial charge in [0.05, 0.1) is 17.9 Å². The van der Waals surface area contributed by atoms with Gasteiger partial charge in [-0.05, 0) is 17.7 Å². The fourth-order valence-electron chi connectivity index (χ4n) is 1.92. The van der Waals surface area contributed by atoms with E-state index in [-0.39, 0.29) is 30.2 Å². The van der Waals surface area contributed by atoms with E-state index in [0.717, 1.165) is 12.1 Å². The summed E-state index contributed by atoms with van der Waals surface area (Å²) in [6, 6.07) is 4.78. The Morgan fingerprint density at radius 2 is 1.95 bits per heavy atom. The molecule has 1 aliphatic heterocycles. The van der Waals surface area contributed by atoms with Gasteiger partial charge < -0.3 is 10.0 Å². The van der Waals surface area contributed by atoms with Crippen LogP contribution < -0.4 is 0 Å². The van der Waals surface area contributed by atoms with Gasteiger partial charge in [-0.25, -0.2) is 0 Å². The lowest BCUT2D eigenvalue weighted by Crippen LogP contribution is -2.30. The van der Waals surface area contributed by atoms with E-state index in [1.54, 1.807) is 0 Å². The smallest absolute Gasteiger partial charge is 0.395 e. The molecule has 7 heteroatoms. The fraction of sp³-hybridized carbons (Fsp3) is 0.417. The lowest BCUT2D eigenvalue weighted by molar-refractivity contribution is -0.137. The SMILES string of the molecule is O=C1CS[C@H](c2ccc(C(F)(F)F)cc2)N1CCO. The van der Waals surface area contributed by atoms with Crippen molar-refractivity contribution in [2.75, 3.05) is 18.9 Å². The van der Waals surface area contributed by atoms with E-state index in [2.05, 4.69) is 0 Å². The van der Waals surface area contributed by atoms with Crippen LogP contribution in [0.5, 0.6) is 0 Å². The largest absolute Gasteiger partial charge is 0.416 e. The summed E-state index contributed by atoms with van der Waals surface area (Å²) >= 11 is 1.35. The number of aliphatic hydroxyl groups excluding tert-OH is 1. The molecule has 1 aromatic carbocycles. The third-order valence-corrected chi connectivity index (χ3v) is 4.09. The molecule has 1 saturated heterocycles. The highest BCUT2D eigenvalue weighted by Crippen LogP contribution is 2.39. The van der Waals surface area contributed by atoms with Gasteiger partial charge in [0.1, 0.15) is 5.37 Å². The first-order chi connectivity index (χ1) is 8.93. The number of benzene rings is 1. The van der Waals surface area contributed by atoms with Crippen LogP contribution in [0, 0.1) is 0 Å². The van der Waals surface area contributed by atoms with E-state index in [4.69, 9.17) is 5.11 Å². The maximum Gasteiger partial charge on any atom is 0.416 e. The molecule has 0 unspecified atom stereocenters. The van der Waals surface area contributed by atoms with Gasteiger partial charge in [-0.15, -0.1) is 11.8 Å². The van der Waals surface area contributed by atoms with E-state index in [1.165, 1.54) is 28.8 Å². The highest BCUT2D eigenvalue weighted by molar-refractivity contribution is 8.00. The van der Waals surface area contributed by atoms with Gasteiger partial charge in [0.15, 0.2) is 0 Å². The lowest BCUT2D eigenvalue weighted by atomic mass is 10.1. The molecule has 1 aliphatic rings. The van der Waals surface area contributed by atoms with Crippen LogP contribution in [0.15, 0.2) is 24.3 Å². The number of rotatable bonds is 3. The average Bonchev–Trinajstić information content (AvgIpc) is 2.71. The van der Waals surface area contributed by atoms with Crippen molar-refractivity contribution in [3.05, 3.63) is 35.4 Å². The number of carbonyl (C=O) groups is 1. The number of hydrogen-bond donors (Lipinski definition) is 1. The first-order valence-electron chi connectivity index (χ1n) is 5.62. The van der Waals surface area contributed by atoms with Crippen molar-refractivity contribution in [2.24, 2.45) is 0 Å². The Hall–Kier alpha value is -1.21. The Morgan fingerprint density at radius 3 is 2.47 bits per heavy atom. The molecule has 0 aliphatic carbocycles. The molecule has 0 saturated carbocycles. The second kappa shape index (κ2) is 5.42. The van der Waals surface area contributed by atoms with Crippen LogP contribution in [0.1, 0.15) is 16.5 Å². The first-order valence-corrected chi connectivity index (χ1v) is 6.67. The second-order valence-electron chi connectivity index (χ2n) is 4.09. The van der Waals surface area contributed by atoms with Gasteiger partial charge in [0.25, 0.3) is 0 Å². The van der Waals surface area contributed by atoms with Crippen molar-refractivity contribution in [3.63, 3.8) is 0 Å².